The molecule has 314 valence electrons. The number of halogens is 2. The number of anilines is 2. The van der Waals surface area contributed by atoms with E-state index in [1.54, 1.807) is 18.2 Å². The van der Waals surface area contributed by atoms with E-state index in [2.05, 4.69) is 20.0 Å². The molecule has 9 rings (SSSR count). The van der Waals surface area contributed by atoms with E-state index in [1.165, 1.54) is 22.3 Å². The van der Waals surface area contributed by atoms with Crippen LogP contribution in [0.1, 0.15) is 100 Å². The largest absolute Gasteiger partial charge is 0.490 e. The van der Waals surface area contributed by atoms with Gasteiger partial charge in [0.1, 0.15) is 23.7 Å². The summed E-state index contributed by atoms with van der Waals surface area (Å²) in [6, 6.07) is 7.91. The van der Waals surface area contributed by atoms with Crippen LogP contribution in [0.5, 0.6) is 5.75 Å². The molecule has 60 heavy (non-hydrogen) atoms. The molecule has 1 aliphatic carbocycles. The quantitative estimate of drug-likeness (QED) is 0.295. The van der Waals surface area contributed by atoms with Crippen LogP contribution >= 0.6 is 22.9 Å². The number of likely N-dealkylation sites (tertiary alicyclic amines) is 2. The summed E-state index contributed by atoms with van der Waals surface area (Å²) in [5, 5.41) is 18.4. The number of fused-ring (bicyclic) bond motifs is 1. The van der Waals surface area contributed by atoms with Gasteiger partial charge in [0.05, 0.1) is 33.5 Å². The van der Waals surface area contributed by atoms with Gasteiger partial charge in [-0.1, -0.05) is 22.9 Å². The van der Waals surface area contributed by atoms with Crippen LogP contribution in [0, 0.1) is 28.5 Å². The molecule has 3 aromatic rings. The van der Waals surface area contributed by atoms with Crippen LogP contribution in [-0.4, -0.2) is 118 Å². The summed E-state index contributed by atoms with van der Waals surface area (Å²) in [6.07, 6.45) is 5.83. The highest BCUT2D eigenvalue weighted by atomic mass is 35.5. The van der Waals surface area contributed by atoms with Crippen molar-refractivity contribution in [3.8, 4) is 11.8 Å². The van der Waals surface area contributed by atoms with Gasteiger partial charge >= 0.3 is 0 Å². The normalized spacial score (nSPS) is 24.8. The number of rotatable bonds is 9. The number of nitrogens with two attached hydrogens (primary N) is 1. The van der Waals surface area contributed by atoms with Crippen LogP contribution in [0.2, 0.25) is 5.02 Å². The SMILES string of the molecule is N#Cc1ccc(OC2CCC(N3C(=O)CCC(N4C(=O)c5cc(F)c(N6CCC(CN7CCC8(CC7)CN(c7nnc(C(N)=O)s7)C8)CC6)cc5C4=O)C3=O)CC2)cc1Cl. The Hall–Kier alpha value is -5.18. The zero-order valence-electron chi connectivity index (χ0n) is 33.0. The Morgan fingerprint density at radius 2 is 1.62 bits per heavy atom. The zero-order chi connectivity index (χ0) is 41.9. The van der Waals surface area contributed by atoms with E-state index in [1.807, 2.05) is 11.0 Å². The monoisotopic (exact) mass is 857 g/mol. The maximum Gasteiger partial charge on any atom is 0.279 e. The second-order valence-corrected chi connectivity index (χ2v) is 18.5. The van der Waals surface area contributed by atoms with Gasteiger partial charge in [0.2, 0.25) is 16.0 Å². The van der Waals surface area contributed by atoms with Gasteiger partial charge in [-0.3, -0.25) is 33.8 Å². The van der Waals surface area contributed by atoms with Crippen molar-refractivity contribution in [2.24, 2.45) is 17.1 Å². The molecular formula is C42H45ClFN9O6S. The van der Waals surface area contributed by atoms with Gasteiger partial charge in [-0.25, -0.2) is 4.39 Å². The number of benzene rings is 2. The molecule has 15 nitrogen and oxygen atoms in total. The minimum absolute atomic E-state index is 0.00103. The molecule has 2 aromatic carbocycles. The van der Waals surface area contributed by atoms with E-state index in [-0.39, 0.29) is 52.1 Å². The molecule has 2 N–H and O–H groups in total. The standard InChI is InChI=1S/C42H45ClFN9O6S/c43-31-17-28(4-1-25(31)20-45)59-27-5-2-26(3-6-27)52-35(54)8-7-33(40(52)58)53-38(56)29-18-32(44)34(19-30(29)39(53)57)50-13-9-24(10-14-50)21-49-15-11-42(12-16-49)22-51(23-42)41-48-47-37(60-41)36(46)55/h1,4,17-19,24,26-27,33H,2-3,5-16,21-23H2,(H2,46,55). The third-order valence-electron chi connectivity index (χ3n) is 13.4. The molecule has 1 aromatic heterocycles. The van der Waals surface area contributed by atoms with Gasteiger partial charge in [-0.15, -0.1) is 10.2 Å². The highest BCUT2D eigenvalue weighted by Crippen LogP contribution is 2.44. The van der Waals surface area contributed by atoms with Crippen molar-refractivity contribution in [1.82, 2.24) is 24.9 Å². The van der Waals surface area contributed by atoms with Crippen LogP contribution < -0.4 is 20.3 Å². The summed E-state index contributed by atoms with van der Waals surface area (Å²) in [5.74, 6) is -2.45. The molecule has 5 amide bonds. The van der Waals surface area contributed by atoms with Gasteiger partial charge < -0.3 is 25.2 Å². The maximum absolute atomic E-state index is 15.8. The average Bonchev–Trinajstić information content (AvgIpc) is 3.81. The van der Waals surface area contributed by atoms with Crippen molar-refractivity contribution in [3.63, 3.8) is 0 Å². The summed E-state index contributed by atoms with van der Waals surface area (Å²) < 4.78 is 21.9. The number of carbonyl (C=O) groups excluding carboxylic acids is 5. The topological polar surface area (TPSA) is 186 Å². The number of imide groups is 2. The Balaban J connectivity index is 0.774. The molecule has 0 radical (unpaired) electrons. The van der Waals surface area contributed by atoms with E-state index < -0.39 is 41.5 Å². The third kappa shape index (κ3) is 7.47. The first-order valence-corrected chi connectivity index (χ1v) is 21.9. The first-order chi connectivity index (χ1) is 28.9. The predicted molar refractivity (Wildman–Crippen MR) is 218 cm³/mol. The van der Waals surface area contributed by atoms with Crippen molar-refractivity contribution >= 4 is 63.3 Å². The van der Waals surface area contributed by atoms with Gasteiger partial charge in [0.25, 0.3) is 23.6 Å². The van der Waals surface area contributed by atoms with Crippen LogP contribution in [0.4, 0.5) is 15.2 Å². The number of nitrogens with zero attached hydrogens (tertiary/aromatic N) is 8. The van der Waals surface area contributed by atoms with E-state index in [4.69, 9.17) is 27.3 Å². The van der Waals surface area contributed by atoms with Crippen molar-refractivity contribution < 1.29 is 33.1 Å². The van der Waals surface area contributed by atoms with Crippen molar-refractivity contribution in [2.75, 3.05) is 55.6 Å². The van der Waals surface area contributed by atoms with Crippen molar-refractivity contribution in [2.45, 2.75) is 82.4 Å². The lowest BCUT2D eigenvalue weighted by Gasteiger charge is -2.54. The number of ether oxygens (including phenoxy) is 1. The molecule has 5 fully saturated rings. The molecule has 6 aliphatic rings. The molecule has 1 atom stereocenters. The van der Waals surface area contributed by atoms with Crippen molar-refractivity contribution in [3.05, 3.63) is 62.9 Å². The molecule has 18 heteroatoms. The van der Waals surface area contributed by atoms with E-state index >= 15 is 4.39 Å². The second kappa shape index (κ2) is 16.0. The Kier molecular flexibility index (Phi) is 10.7. The van der Waals surface area contributed by atoms with E-state index in [0.29, 0.717) is 61.0 Å². The number of aromatic nitrogens is 2. The first kappa shape index (κ1) is 40.2. The van der Waals surface area contributed by atoms with Crippen LogP contribution in [-0.2, 0) is 9.59 Å². The fraction of sp³-hybridized carbons (Fsp3) is 0.524. The molecule has 4 saturated heterocycles. The van der Waals surface area contributed by atoms with Crippen molar-refractivity contribution in [1.29, 1.82) is 5.26 Å². The smallest absolute Gasteiger partial charge is 0.279 e. The number of nitriles is 1. The predicted octanol–water partition coefficient (Wildman–Crippen LogP) is 4.62. The van der Waals surface area contributed by atoms with E-state index in [9.17, 15) is 24.0 Å². The Morgan fingerprint density at radius 3 is 2.27 bits per heavy atom. The highest BCUT2D eigenvalue weighted by molar-refractivity contribution is 7.17. The third-order valence-corrected chi connectivity index (χ3v) is 14.7. The Labute approximate surface area is 355 Å². The fourth-order valence-electron chi connectivity index (χ4n) is 10.1. The second-order valence-electron chi connectivity index (χ2n) is 17.1. The van der Waals surface area contributed by atoms with Crippen LogP contribution in [0.3, 0.4) is 0 Å². The average molecular weight is 858 g/mol. The molecule has 5 aliphatic heterocycles. The lowest BCUT2D eigenvalue weighted by molar-refractivity contribution is -0.155. The molecular weight excluding hydrogens is 813 g/mol. The number of hydrogen-bond acceptors (Lipinski definition) is 13. The zero-order valence-corrected chi connectivity index (χ0v) is 34.6. The first-order valence-electron chi connectivity index (χ1n) is 20.7. The molecule has 1 saturated carbocycles. The fourth-order valence-corrected chi connectivity index (χ4v) is 11.0. The van der Waals surface area contributed by atoms with Gasteiger partial charge in [0.15, 0.2) is 0 Å². The summed E-state index contributed by atoms with van der Waals surface area (Å²) in [6.45, 7) is 6.01. The number of piperidine rings is 3. The molecule has 6 heterocycles. The summed E-state index contributed by atoms with van der Waals surface area (Å²) in [7, 11) is 0. The summed E-state index contributed by atoms with van der Waals surface area (Å²) >= 11 is 7.40. The maximum atomic E-state index is 15.8. The Morgan fingerprint density at radius 1 is 0.917 bits per heavy atom. The summed E-state index contributed by atoms with van der Waals surface area (Å²) in [4.78, 5) is 75.1. The van der Waals surface area contributed by atoms with Gasteiger partial charge in [-0.2, -0.15) is 5.26 Å². The number of carbonyl (C=O) groups is 5. The number of amides is 5. The molecule has 1 unspecified atom stereocenters. The lowest BCUT2D eigenvalue weighted by atomic mass is 9.72. The molecule has 1 spiro atoms. The molecule has 0 bridgehead atoms. The van der Waals surface area contributed by atoms with Crippen LogP contribution in [0.25, 0.3) is 0 Å². The van der Waals surface area contributed by atoms with Crippen LogP contribution in [0.15, 0.2) is 30.3 Å². The minimum Gasteiger partial charge on any atom is -0.490 e. The number of hydrogen-bond donors (Lipinski definition) is 1. The number of primary amides is 1. The highest BCUT2D eigenvalue weighted by Gasteiger charge is 2.50. The van der Waals surface area contributed by atoms with Gasteiger partial charge in [0, 0.05) is 56.7 Å². The summed E-state index contributed by atoms with van der Waals surface area (Å²) in [5.41, 5.74) is 6.22. The Bertz CT molecular complexity index is 2290. The minimum atomic E-state index is -1.16. The lowest BCUT2D eigenvalue weighted by Crippen LogP contribution is -2.60. The van der Waals surface area contributed by atoms with Gasteiger partial charge in [-0.05, 0) is 101 Å². The van der Waals surface area contributed by atoms with E-state index in [0.717, 1.165) is 74.5 Å².